The maximum atomic E-state index is 11.8. The van der Waals surface area contributed by atoms with Gasteiger partial charge in [-0.1, -0.05) is 6.42 Å². The number of aliphatic imine (C=N–C) groups is 1. The third-order valence-corrected chi connectivity index (χ3v) is 3.56. The normalized spacial score (nSPS) is 12.3. The van der Waals surface area contributed by atoms with Crippen LogP contribution in [0.2, 0.25) is 19.6 Å². The van der Waals surface area contributed by atoms with Crippen LogP contribution in [0.3, 0.4) is 0 Å². The number of primary amides is 1. The van der Waals surface area contributed by atoms with Gasteiger partial charge in [-0.25, -0.2) is 9.79 Å². The molecule has 0 saturated carbocycles. The molecule has 0 heterocycles. The topological polar surface area (TPSA) is 108 Å². The van der Waals surface area contributed by atoms with Crippen molar-refractivity contribution in [3.05, 3.63) is 0 Å². The molecular weight excluding hydrogens is 304 g/mol. The van der Waals surface area contributed by atoms with Gasteiger partial charge in [-0.05, 0) is 32.5 Å². The van der Waals surface area contributed by atoms with E-state index in [1.807, 2.05) is 19.6 Å². The third-order valence-electron chi connectivity index (χ3n) is 2.59. The summed E-state index contributed by atoms with van der Waals surface area (Å²) in [6, 6.07) is 0. The second-order valence-corrected chi connectivity index (χ2v) is 10.4. The van der Waals surface area contributed by atoms with Gasteiger partial charge in [-0.15, -0.1) is 0 Å². The Morgan fingerprint density at radius 1 is 1.18 bits per heavy atom. The summed E-state index contributed by atoms with van der Waals surface area (Å²) in [6.07, 6.45) is 3.59. The van der Waals surface area contributed by atoms with Gasteiger partial charge in [0, 0.05) is 19.3 Å². The number of amides is 1. The van der Waals surface area contributed by atoms with E-state index in [4.69, 9.17) is 14.9 Å². The first-order valence-electron chi connectivity index (χ1n) is 7.44. The van der Waals surface area contributed by atoms with E-state index >= 15 is 0 Å². The lowest BCUT2D eigenvalue weighted by atomic mass is 10.2. The quantitative estimate of drug-likeness (QED) is 0.147. The van der Waals surface area contributed by atoms with Gasteiger partial charge >= 0.3 is 5.97 Å². The number of hydrogen-bond acceptors (Lipinski definition) is 6. The van der Waals surface area contributed by atoms with Crippen LogP contribution in [0, 0.1) is 0 Å². The van der Waals surface area contributed by atoms with E-state index in [1.165, 1.54) is 6.08 Å². The van der Waals surface area contributed by atoms with Crippen LogP contribution < -0.4 is 5.73 Å². The lowest BCUT2D eigenvalue weighted by Crippen LogP contribution is -2.35. The van der Waals surface area contributed by atoms with Crippen LogP contribution in [0.1, 0.15) is 38.5 Å². The van der Waals surface area contributed by atoms with E-state index in [9.17, 15) is 14.4 Å². The molecule has 1 atom stereocenters. The summed E-state index contributed by atoms with van der Waals surface area (Å²) in [5.41, 5.74) is 5.11. The van der Waals surface area contributed by atoms with Gasteiger partial charge in [0.15, 0.2) is 14.6 Å². The summed E-state index contributed by atoms with van der Waals surface area (Å²) in [4.78, 5) is 36.0. The van der Waals surface area contributed by atoms with Crippen LogP contribution >= 0.6 is 0 Å². The van der Waals surface area contributed by atoms with Crippen molar-refractivity contribution < 1.29 is 23.5 Å². The molecule has 0 aromatic carbocycles. The Bertz CT molecular complexity index is 403. The number of carbonyl (C=O) groups excluding carboxylic acids is 3. The Labute approximate surface area is 132 Å². The summed E-state index contributed by atoms with van der Waals surface area (Å²) in [7, 11) is -1.89. The fourth-order valence-corrected chi connectivity index (χ4v) is 2.64. The maximum absolute atomic E-state index is 11.8. The number of nitrogens with two attached hydrogens (primary N) is 1. The first-order valence-corrected chi connectivity index (χ1v) is 10.8. The van der Waals surface area contributed by atoms with Crippen molar-refractivity contribution in [2.45, 2.75) is 64.5 Å². The van der Waals surface area contributed by atoms with E-state index < -0.39 is 20.5 Å². The highest BCUT2D eigenvalue weighted by Crippen LogP contribution is 2.14. The summed E-state index contributed by atoms with van der Waals surface area (Å²) < 4.78 is 11.0. The fraction of sp³-hybridized carbons (Fsp3) is 0.786. The number of isocyanates is 1. The smallest absolute Gasteiger partial charge is 0.308 e. The average molecular weight is 330 g/mol. The van der Waals surface area contributed by atoms with Crippen molar-refractivity contribution in [2.75, 3.05) is 6.54 Å². The second-order valence-electron chi connectivity index (χ2n) is 5.94. The molecule has 1 unspecified atom stereocenters. The summed E-state index contributed by atoms with van der Waals surface area (Å²) >= 11 is 0. The van der Waals surface area contributed by atoms with Crippen molar-refractivity contribution >= 4 is 26.3 Å². The molecule has 0 aromatic rings. The van der Waals surface area contributed by atoms with Crippen molar-refractivity contribution in [3.8, 4) is 0 Å². The molecule has 0 bridgehead atoms. The predicted octanol–water partition coefficient (Wildman–Crippen LogP) is 1.87. The SMILES string of the molecule is C[Si](C)(C)OC(CCC(N)=O)OC(=O)CCCCCN=C=O. The third kappa shape index (κ3) is 13.5. The van der Waals surface area contributed by atoms with Crippen molar-refractivity contribution in [1.29, 1.82) is 0 Å². The molecule has 0 aliphatic heterocycles. The minimum absolute atomic E-state index is 0.117. The Hall–Kier alpha value is -1.50. The first kappa shape index (κ1) is 20.5. The molecule has 126 valence electrons. The summed E-state index contributed by atoms with van der Waals surface area (Å²) in [5, 5.41) is 0. The van der Waals surface area contributed by atoms with Crippen LogP contribution in [0.15, 0.2) is 4.99 Å². The Morgan fingerprint density at radius 2 is 1.86 bits per heavy atom. The average Bonchev–Trinajstić information content (AvgIpc) is 2.38. The highest BCUT2D eigenvalue weighted by Gasteiger charge is 2.24. The number of esters is 1. The van der Waals surface area contributed by atoms with Crippen molar-refractivity contribution in [2.24, 2.45) is 10.7 Å². The Morgan fingerprint density at radius 3 is 2.41 bits per heavy atom. The molecule has 0 spiro atoms. The molecule has 0 radical (unpaired) electrons. The minimum Gasteiger partial charge on any atom is -0.437 e. The van der Waals surface area contributed by atoms with E-state index in [-0.39, 0.29) is 25.2 Å². The van der Waals surface area contributed by atoms with Gasteiger partial charge < -0.3 is 14.9 Å². The molecule has 22 heavy (non-hydrogen) atoms. The molecule has 8 heteroatoms. The molecule has 0 saturated heterocycles. The van der Waals surface area contributed by atoms with Gasteiger partial charge in [0.1, 0.15) is 0 Å². The molecule has 7 nitrogen and oxygen atoms in total. The van der Waals surface area contributed by atoms with E-state index in [0.29, 0.717) is 13.0 Å². The standard InChI is InChI=1S/C14H26N2O5Si/c1-22(2,3)21-14(9-8-12(15)18)20-13(19)7-5-4-6-10-16-11-17/h14H,4-10H2,1-3H3,(H2,15,18). The highest BCUT2D eigenvalue weighted by molar-refractivity contribution is 6.69. The molecule has 1 amide bonds. The fourth-order valence-electron chi connectivity index (χ4n) is 1.68. The van der Waals surface area contributed by atoms with Gasteiger partial charge in [0.25, 0.3) is 0 Å². The van der Waals surface area contributed by atoms with Gasteiger partial charge in [0.2, 0.25) is 12.0 Å². The minimum atomic E-state index is -1.89. The lowest BCUT2D eigenvalue weighted by Gasteiger charge is -2.26. The van der Waals surface area contributed by atoms with Crippen LogP contribution in [0.5, 0.6) is 0 Å². The van der Waals surface area contributed by atoms with Crippen LogP contribution in [-0.2, 0) is 23.5 Å². The summed E-state index contributed by atoms with van der Waals surface area (Å²) in [6.45, 7) is 6.36. The monoisotopic (exact) mass is 330 g/mol. The number of ether oxygens (including phenoxy) is 1. The zero-order valence-corrected chi connectivity index (χ0v) is 14.6. The Kier molecular flexibility index (Phi) is 10.4. The van der Waals surface area contributed by atoms with Gasteiger partial charge in [0.05, 0.1) is 6.54 Å². The van der Waals surface area contributed by atoms with Crippen molar-refractivity contribution in [1.82, 2.24) is 0 Å². The zero-order chi connectivity index (χ0) is 17.0. The first-order chi connectivity index (χ1) is 10.2. The van der Waals surface area contributed by atoms with Crippen LogP contribution in [0.4, 0.5) is 0 Å². The number of rotatable bonds is 12. The van der Waals surface area contributed by atoms with Crippen LogP contribution in [0.25, 0.3) is 0 Å². The van der Waals surface area contributed by atoms with Crippen LogP contribution in [-0.4, -0.2) is 39.1 Å². The number of hydrogen-bond donors (Lipinski definition) is 1. The molecule has 0 aliphatic rings. The number of carbonyl (C=O) groups is 2. The maximum Gasteiger partial charge on any atom is 0.308 e. The zero-order valence-electron chi connectivity index (χ0n) is 13.6. The van der Waals surface area contributed by atoms with E-state index in [1.54, 1.807) is 0 Å². The molecule has 0 aromatic heterocycles. The highest BCUT2D eigenvalue weighted by atomic mass is 28.4. The van der Waals surface area contributed by atoms with Gasteiger partial charge in [-0.3, -0.25) is 9.59 Å². The molecule has 0 rings (SSSR count). The largest absolute Gasteiger partial charge is 0.437 e. The molecule has 0 aliphatic carbocycles. The summed E-state index contributed by atoms with van der Waals surface area (Å²) in [5.74, 6) is -0.803. The lowest BCUT2D eigenvalue weighted by molar-refractivity contribution is -0.166. The predicted molar refractivity (Wildman–Crippen MR) is 84.2 cm³/mol. The van der Waals surface area contributed by atoms with E-state index in [0.717, 1.165) is 12.8 Å². The molecule has 2 N–H and O–H groups in total. The van der Waals surface area contributed by atoms with Gasteiger partial charge in [-0.2, -0.15) is 0 Å². The number of unbranched alkanes of at least 4 members (excludes halogenated alkanes) is 2. The molecule has 0 fully saturated rings. The molecular formula is C14H26N2O5Si. The second kappa shape index (κ2) is 11.1. The number of nitrogens with zero attached hydrogens (tertiary/aromatic N) is 1. The van der Waals surface area contributed by atoms with E-state index in [2.05, 4.69) is 4.99 Å². The Balaban J connectivity index is 4.13. The van der Waals surface area contributed by atoms with Crippen molar-refractivity contribution in [3.63, 3.8) is 0 Å².